The van der Waals surface area contributed by atoms with Crippen molar-refractivity contribution in [2.75, 3.05) is 5.32 Å². The zero-order valence-corrected chi connectivity index (χ0v) is 8.99. The summed E-state index contributed by atoms with van der Waals surface area (Å²) >= 11 is 0. The number of aromatic hydroxyl groups is 1. The quantitative estimate of drug-likeness (QED) is 0.491. The van der Waals surface area contributed by atoms with Gasteiger partial charge in [0.05, 0.1) is 6.07 Å². The van der Waals surface area contributed by atoms with E-state index in [1.54, 1.807) is 0 Å². The molecule has 0 spiro atoms. The van der Waals surface area contributed by atoms with Gasteiger partial charge in [-0.15, -0.1) is 0 Å². The number of hydrogen-bond donors (Lipinski definition) is 2. The maximum Gasteiger partial charge on any atom is 0.433 e. The Morgan fingerprint density at radius 3 is 2.44 bits per heavy atom. The van der Waals surface area contributed by atoms with E-state index in [1.165, 1.54) is 30.3 Å². The van der Waals surface area contributed by atoms with Gasteiger partial charge in [0.1, 0.15) is 10.7 Å². The summed E-state index contributed by atoms with van der Waals surface area (Å²) in [5.41, 5.74) is 0.442. The molecule has 7 heteroatoms. The van der Waals surface area contributed by atoms with Crippen molar-refractivity contribution in [2.24, 2.45) is 0 Å². The minimum absolute atomic E-state index is 0.0710. The van der Waals surface area contributed by atoms with E-state index >= 15 is 0 Å². The van der Waals surface area contributed by atoms with Crippen LogP contribution in [0.5, 0.6) is 5.75 Å². The molecule has 92 valence electrons. The van der Waals surface area contributed by atoms with Crippen molar-refractivity contribution < 1.29 is 19.2 Å². The monoisotopic (exact) mass is 248 g/mol. The molecule has 2 aromatic rings. The van der Waals surface area contributed by atoms with Crippen molar-refractivity contribution in [1.82, 2.24) is 0 Å². The van der Waals surface area contributed by atoms with Crippen LogP contribution in [0, 0.1) is 10.1 Å². The van der Waals surface area contributed by atoms with Crippen LogP contribution in [-0.4, -0.2) is 15.9 Å². The van der Waals surface area contributed by atoms with Gasteiger partial charge in [0.25, 0.3) is 5.91 Å². The Morgan fingerprint density at radius 2 is 1.89 bits per heavy atom. The number of nitro groups is 1. The van der Waals surface area contributed by atoms with E-state index in [0.717, 1.165) is 6.07 Å². The Kier molecular flexibility index (Phi) is 2.96. The number of carbonyl (C=O) groups excluding carboxylic acids is 1. The summed E-state index contributed by atoms with van der Waals surface area (Å²) in [7, 11) is 0. The second kappa shape index (κ2) is 4.58. The van der Waals surface area contributed by atoms with Crippen molar-refractivity contribution in [3.8, 4) is 5.75 Å². The predicted molar refractivity (Wildman–Crippen MR) is 61.4 cm³/mol. The van der Waals surface area contributed by atoms with Crippen LogP contribution >= 0.6 is 0 Å². The lowest BCUT2D eigenvalue weighted by molar-refractivity contribution is -0.402. The highest BCUT2D eigenvalue weighted by atomic mass is 16.6. The third kappa shape index (κ3) is 2.46. The van der Waals surface area contributed by atoms with Gasteiger partial charge in [-0.2, -0.15) is 0 Å². The van der Waals surface area contributed by atoms with Crippen LogP contribution in [0.25, 0.3) is 0 Å². The van der Waals surface area contributed by atoms with Crippen LogP contribution in [0.15, 0.2) is 40.8 Å². The summed E-state index contributed by atoms with van der Waals surface area (Å²) in [5.74, 6) is -1.18. The van der Waals surface area contributed by atoms with Gasteiger partial charge in [0, 0.05) is 5.69 Å². The number of hydrogen-bond acceptors (Lipinski definition) is 5. The molecular formula is C11H8N2O5. The topological polar surface area (TPSA) is 106 Å². The Bertz CT molecular complexity index is 588. The van der Waals surface area contributed by atoms with Gasteiger partial charge in [-0.05, 0) is 30.3 Å². The van der Waals surface area contributed by atoms with E-state index in [1.807, 2.05) is 0 Å². The number of nitrogens with zero attached hydrogens (tertiary/aromatic N) is 1. The molecule has 0 fully saturated rings. The first-order valence-corrected chi connectivity index (χ1v) is 4.91. The first kappa shape index (κ1) is 11.6. The van der Waals surface area contributed by atoms with Crippen molar-refractivity contribution in [3.05, 3.63) is 52.3 Å². The molecule has 1 heterocycles. The fourth-order valence-electron chi connectivity index (χ4n) is 1.29. The fourth-order valence-corrected chi connectivity index (χ4v) is 1.29. The van der Waals surface area contributed by atoms with Crippen LogP contribution in [0.4, 0.5) is 11.6 Å². The van der Waals surface area contributed by atoms with Crippen molar-refractivity contribution in [1.29, 1.82) is 0 Å². The summed E-state index contributed by atoms with van der Waals surface area (Å²) in [5, 5.41) is 21.9. The third-order valence-corrected chi connectivity index (χ3v) is 2.12. The summed E-state index contributed by atoms with van der Waals surface area (Å²) in [6.45, 7) is 0. The molecule has 2 rings (SSSR count). The molecule has 0 radical (unpaired) electrons. The number of phenols is 1. The highest BCUT2D eigenvalue weighted by molar-refractivity contribution is 6.02. The minimum atomic E-state index is -0.725. The fraction of sp³-hybridized carbons (Fsp3) is 0. The van der Waals surface area contributed by atoms with Crippen molar-refractivity contribution in [3.63, 3.8) is 0 Å². The molecule has 0 atom stereocenters. The summed E-state index contributed by atoms with van der Waals surface area (Å²) in [6, 6.07) is 8.11. The first-order valence-electron chi connectivity index (χ1n) is 4.91. The summed E-state index contributed by atoms with van der Waals surface area (Å²) in [6.07, 6.45) is 0. The highest BCUT2D eigenvalue weighted by Gasteiger charge is 2.17. The van der Waals surface area contributed by atoms with E-state index in [9.17, 15) is 14.9 Å². The smallest absolute Gasteiger partial charge is 0.433 e. The van der Waals surface area contributed by atoms with Gasteiger partial charge >= 0.3 is 5.88 Å². The highest BCUT2D eigenvalue weighted by Crippen LogP contribution is 2.18. The average Bonchev–Trinajstić information content (AvgIpc) is 2.81. The van der Waals surface area contributed by atoms with Gasteiger partial charge in [0.15, 0.2) is 5.76 Å². The number of phenolic OH excluding ortho intramolecular Hbond substituents is 1. The Morgan fingerprint density at radius 1 is 1.22 bits per heavy atom. The van der Waals surface area contributed by atoms with E-state index < -0.39 is 16.7 Å². The maximum atomic E-state index is 11.6. The van der Waals surface area contributed by atoms with Crippen LogP contribution in [0.1, 0.15) is 10.6 Å². The number of furan rings is 1. The molecule has 0 saturated heterocycles. The molecule has 0 aliphatic heterocycles. The van der Waals surface area contributed by atoms with Crippen LogP contribution < -0.4 is 5.32 Å². The standard InChI is InChI=1S/C11H8N2O5/c14-8-3-1-7(2-4-8)12-11(15)9-5-6-10(18-9)13(16)17/h1-6,14H,(H,12,15). The number of nitrogens with one attached hydrogen (secondary N) is 1. The zero-order valence-electron chi connectivity index (χ0n) is 8.99. The SMILES string of the molecule is O=C(Nc1ccc(O)cc1)c1ccc([N+](=O)[O-])o1. The van der Waals surface area contributed by atoms with E-state index in [0.29, 0.717) is 5.69 Å². The number of amides is 1. The molecule has 0 unspecified atom stereocenters. The molecular weight excluding hydrogens is 240 g/mol. The third-order valence-electron chi connectivity index (χ3n) is 2.12. The number of benzene rings is 1. The molecule has 0 saturated carbocycles. The maximum absolute atomic E-state index is 11.6. The summed E-state index contributed by atoms with van der Waals surface area (Å²) < 4.78 is 4.74. The van der Waals surface area contributed by atoms with Crippen molar-refractivity contribution >= 4 is 17.5 Å². The molecule has 18 heavy (non-hydrogen) atoms. The molecule has 7 nitrogen and oxygen atoms in total. The average molecular weight is 248 g/mol. The van der Waals surface area contributed by atoms with Gasteiger partial charge in [0.2, 0.25) is 0 Å². The molecule has 1 amide bonds. The van der Waals surface area contributed by atoms with E-state index in [4.69, 9.17) is 9.52 Å². The molecule has 0 bridgehead atoms. The van der Waals surface area contributed by atoms with Gasteiger partial charge in [-0.1, -0.05) is 0 Å². The van der Waals surface area contributed by atoms with E-state index in [2.05, 4.69) is 5.32 Å². The second-order valence-corrected chi connectivity index (χ2v) is 3.40. The Hall–Kier alpha value is -2.83. The molecule has 2 N–H and O–H groups in total. The second-order valence-electron chi connectivity index (χ2n) is 3.40. The number of rotatable bonds is 3. The largest absolute Gasteiger partial charge is 0.508 e. The lowest BCUT2D eigenvalue weighted by Gasteiger charge is -2.02. The molecule has 0 aliphatic carbocycles. The molecule has 1 aromatic heterocycles. The lowest BCUT2D eigenvalue weighted by Crippen LogP contribution is -2.10. The summed E-state index contributed by atoms with van der Waals surface area (Å²) in [4.78, 5) is 21.3. The number of carbonyl (C=O) groups is 1. The minimum Gasteiger partial charge on any atom is -0.508 e. The van der Waals surface area contributed by atoms with Crippen molar-refractivity contribution in [2.45, 2.75) is 0 Å². The van der Waals surface area contributed by atoms with Gasteiger partial charge in [-0.3, -0.25) is 14.9 Å². The van der Waals surface area contributed by atoms with Gasteiger partial charge in [-0.25, -0.2) is 0 Å². The first-order chi connectivity index (χ1) is 8.56. The van der Waals surface area contributed by atoms with Gasteiger partial charge < -0.3 is 14.8 Å². The normalized spacial score (nSPS) is 10.0. The Balaban J connectivity index is 2.11. The molecule has 0 aliphatic rings. The molecule has 1 aromatic carbocycles. The number of anilines is 1. The zero-order chi connectivity index (χ0) is 13.1. The van der Waals surface area contributed by atoms with E-state index in [-0.39, 0.29) is 11.5 Å². The Labute approximate surface area is 101 Å². The van der Waals surface area contributed by atoms with Crippen LogP contribution in [0.2, 0.25) is 0 Å². The van der Waals surface area contributed by atoms with Crippen LogP contribution in [-0.2, 0) is 0 Å². The predicted octanol–water partition coefficient (Wildman–Crippen LogP) is 2.15. The van der Waals surface area contributed by atoms with Crippen LogP contribution in [0.3, 0.4) is 0 Å². The lowest BCUT2D eigenvalue weighted by atomic mass is 10.3.